The first-order valence-corrected chi connectivity index (χ1v) is 7.84. The van der Waals surface area contributed by atoms with Crippen LogP contribution in [0.15, 0.2) is 28.7 Å². The number of carbonyl (C=O) groups excluding carboxylic acids is 1. The van der Waals surface area contributed by atoms with Gasteiger partial charge in [-0.1, -0.05) is 35.0 Å². The van der Waals surface area contributed by atoms with E-state index in [2.05, 4.69) is 45.2 Å². The van der Waals surface area contributed by atoms with Gasteiger partial charge < -0.3 is 10.1 Å². The molecule has 110 valence electrons. The lowest BCUT2D eigenvalue weighted by Crippen LogP contribution is -2.44. The van der Waals surface area contributed by atoms with E-state index < -0.39 is 0 Å². The maximum Gasteiger partial charge on any atom is 0.234 e. The number of ether oxygens (including phenoxy) is 1. The van der Waals surface area contributed by atoms with E-state index in [0.29, 0.717) is 13.2 Å². The second kappa shape index (κ2) is 7.76. The van der Waals surface area contributed by atoms with Crippen LogP contribution in [0, 0.1) is 0 Å². The zero-order valence-electron chi connectivity index (χ0n) is 11.8. The van der Waals surface area contributed by atoms with Gasteiger partial charge >= 0.3 is 0 Å². The Labute approximate surface area is 128 Å². The minimum atomic E-state index is 0.0517. The first kappa shape index (κ1) is 15.5. The average molecular weight is 341 g/mol. The number of nitrogens with one attached hydrogen (secondary N) is 1. The van der Waals surface area contributed by atoms with Gasteiger partial charge in [-0.05, 0) is 24.1 Å². The number of carbonyl (C=O) groups is 1. The van der Waals surface area contributed by atoms with E-state index in [4.69, 9.17) is 4.74 Å². The van der Waals surface area contributed by atoms with Crippen molar-refractivity contribution in [2.45, 2.75) is 19.4 Å². The SMILES string of the molecule is CCCNC(=O)CN1CCO[C@@H](c2ccc(Br)cc2)C1. The molecule has 1 atom stereocenters. The topological polar surface area (TPSA) is 41.6 Å². The third-order valence-corrected chi connectivity index (χ3v) is 3.86. The zero-order valence-corrected chi connectivity index (χ0v) is 13.4. The van der Waals surface area contributed by atoms with Crippen molar-refractivity contribution in [1.82, 2.24) is 10.2 Å². The Balaban J connectivity index is 1.88. The number of amides is 1. The molecule has 1 aliphatic rings. The lowest BCUT2D eigenvalue weighted by molar-refractivity contribution is -0.124. The van der Waals surface area contributed by atoms with Gasteiger partial charge in [-0.2, -0.15) is 0 Å². The quantitative estimate of drug-likeness (QED) is 0.894. The minimum Gasteiger partial charge on any atom is -0.371 e. The van der Waals surface area contributed by atoms with Crippen molar-refractivity contribution in [3.05, 3.63) is 34.3 Å². The van der Waals surface area contributed by atoms with Crippen LogP contribution in [0.25, 0.3) is 0 Å². The van der Waals surface area contributed by atoms with Crippen LogP contribution in [0.4, 0.5) is 0 Å². The van der Waals surface area contributed by atoms with Crippen molar-refractivity contribution in [3.63, 3.8) is 0 Å². The van der Waals surface area contributed by atoms with Crippen LogP contribution in [0.2, 0.25) is 0 Å². The monoisotopic (exact) mass is 340 g/mol. The lowest BCUT2D eigenvalue weighted by Gasteiger charge is -2.32. The van der Waals surface area contributed by atoms with Gasteiger partial charge in [-0.25, -0.2) is 0 Å². The molecule has 1 heterocycles. The molecule has 0 radical (unpaired) electrons. The molecule has 5 heteroatoms. The molecular weight excluding hydrogens is 320 g/mol. The summed E-state index contributed by atoms with van der Waals surface area (Å²) in [4.78, 5) is 13.9. The van der Waals surface area contributed by atoms with Gasteiger partial charge in [0.05, 0.1) is 19.3 Å². The van der Waals surface area contributed by atoms with Crippen LogP contribution in [0.3, 0.4) is 0 Å². The van der Waals surface area contributed by atoms with Crippen molar-refractivity contribution in [3.8, 4) is 0 Å². The molecule has 1 aliphatic heterocycles. The summed E-state index contributed by atoms with van der Waals surface area (Å²) in [7, 11) is 0. The summed E-state index contributed by atoms with van der Waals surface area (Å²) < 4.78 is 6.87. The van der Waals surface area contributed by atoms with Crippen molar-refractivity contribution < 1.29 is 9.53 Å². The lowest BCUT2D eigenvalue weighted by atomic mass is 10.1. The normalized spacial score (nSPS) is 19.8. The number of rotatable bonds is 5. The molecule has 4 nitrogen and oxygen atoms in total. The third-order valence-electron chi connectivity index (χ3n) is 3.33. The molecule has 0 unspecified atom stereocenters. The molecule has 1 amide bonds. The van der Waals surface area contributed by atoms with Gasteiger partial charge in [-0.15, -0.1) is 0 Å². The van der Waals surface area contributed by atoms with E-state index in [-0.39, 0.29) is 12.0 Å². The summed E-state index contributed by atoms with van der Waals surface area (Å²) in [5, 5.41) is 2.91. The Hall–Kier alpha value is -0.910. The van der Waals surface area contributed by atoms with Crippen LogP contribution in [0.1, 0.15) is 25.0 Å². The number of nitrogens with zero attached hydrogens (tertiary/aromatic N) is 1. The largest absolute Gasteiger partial charge is 0.371 e. The van der Waals surface area contributed by atoms with Crippen molar-refractivity contribution >= 4 is 21.8 Å². The number of benzene rings is 1. The Morgan fingerprint density at radius 1 is 1.45 bits per heavy atom. The second-order valence-electron chi connectivity index (χ2n) is 5.00. The Morgan fingerprint density at radius 3 is 2.90 bits per heavy atom. The molecule has 1 aromatic carbocycles. The van der Waals surface area contributed by atoms with Crippen molar-refractivity contribution in [2.75, 3.05) is 32.8 Å². The van der Waals surface area contributed by atoms with Crippen LogP contribution in [-0.4, -0.2) is 43.6 Å². The molecule has 20 heavy (non-hydrogen) atoms. The van der Waals surface area contributed by atoms with Crippen molar-refractivity contribution in [2.24, 2.45) is 0 Å². The van der Waals surface area contributed by atoms with Crippen LogP contribution in [0.5, 0.6) is 0 Å². The molecule has 1 aromatic rings. The summed E-state index contributed by atoms with van der Waals surface area (Å²) in [5.74, 6) is 0.100. The van der Waals surface area contributed by atoms with Gasteiger partial charge in [0.15, 0.2) is 0 Å². The highest BCUT2D eigenvalue weighted by Crippen LogP contribution is 2.23. The Kier molecular flexibility index (Phi) is 6.01. The summed E-state index contributed by atoms with van der Waals surface area (Å²) in [6.45, 7) is 5.50. The molecule has 0 spiro atoms. The van der Waals surface area contributed by atoms with Crippen LogP contribution in [-0.2, 0) is 9.53 Å². The Bertz CT molecular complexity index is 436. The summed E-state index contributed by atoms with van der Waals surface area (Å²) in [5.41, 5.74) is 1.16. The predicted octanol–water partition coefficient (Wildman–Crippen LogP) is 2.35. The van der Waals surface area contributed by atoms with Gasteiger partial charge in [0, 0.05) is 24.1 Å². The zero-order chi connectivity index (χ0) is 14.4. The number of halogens is 1. The van der Waals surface area contributed by atoms with E-state index in [9.17, 15) is 4.79 Å². The summed E-state index contributed by atoms with van der Waals surface area (Å²) >= 11 is 3.43. The highest BCUT2D eigenvalue weighted by Gasteiger charge is 2.23. The van der Waals surface area contributed by atoms with E-state index in [0.717, 1.165) is 36.1 Å². The molecule has 2 rings (SSSR count). The molecule has 0 bridgehead atoms. The predicted molar refractivity (Wildman–Crippen MR) is 82.6 cm³/mol. The highest BCUT2D eigenvalue weighted by atomic mass is 79.9. The summed E-state index contributed by atoms with van der Waals surface area (Å²) in [6, 6.07) is 8.17. The molecule has 0 aromatic heterocycles. The summed E-state index contributed by atoms with van der Waals surface area (Å²) in [6.07, 6.45) is 1.02. The van der Waals surface area contributed by atoms with E-state index >= 15 is 0 Å². The van der Waals surface area contributed by atoms with Crippen molar-refractivity contribution in [1.29, 1.82) is 0 Å². The maximum atomic E-state index is 11.8. The Morgan fingerprint density at radius 2 is 2.20 bits per heavy atom. The highest BCUT2D eigenvalue weighted by molar-refractivity contribution is 9.10. The number of hydrogen-bond acceptors (Lipinski definition) is 3. The molecule has 1 saturated heterocycles. The van der Waals surface area contributed by atoms with Gasteiger partial charge in [0.1, 0.15) is 0 Å². The van der Waals surface area contributed by atoms with E-state index in [1.807, 2.05) is 12.1 Å². The van der Waals surface area contributed by atoms with Gasteiger partial charge in [0.25, 0.3) is 0 Å². The van der Waals surface area contributed by atoms with E-state index in [1.165, 1.54) is 0 Å². The number of morpholine rings is 1. The third kappa shape index (κ3) is 4.58. The first-order chi connectivity index (χ1) is 9.69. The minimum absolute atomic E-state index is 0.0517. The fourth-order valence-corrected chi connectivity index (χ4v) is 2.51. The maximum absolute atomic E-state index is 11.8. The molecular formula is C15H21BrN2O2. The fourth-order valence-electron chi connectivity index (χ4n) is 2.25. The average Bonchev–Trinajstić information content (AvgIpc) is 2.46. The molecule has 1 N–H and O–H groups in total. The van der Waals surface area contributed by atoms with Crippen LogP contribution < -0.4 is 5.32 Å². The molecule has 0 saturated carbocycles. The first-order valence-electron chi connectivity index (χ1n) is 7.05. The standard InChI is InChI=1S/C15H21BrN2O2/c1-2-7-17-15(19)11-18-8-9-20-14(10-18)12-3-5-13(16)6-4-12/h3-6,14H,2,7-11H2,1H3,(H,17,19)/t14-/m1/s1. The van der Waals surface area contributed by atoms with E-state index in [1.54, 1.807) is 0 Å². The van der Waals surface area contributed by atoms with Crippen LogP contribution >= 0.6 is 15.9 Å². The van der Waals surface area contributed by atoms with Gasteiger partial charge in [0.2, 0.25) is 5.91 Å². The van der Waals surface area contributed by atoms with Gasteiger partial charge in [-0.3, -0.25) is 9.69 Å². The molecule has 1 fully saturated rings. The number of hydrogen-bond donors (Lipinski definition) is 1. The molecule has 0 aliphatic carbocycles. The second-order valence-corrected chi connectivity index (χ2v) is 5.91. The smallest absolute Gasteiger partial charge is 0.234 e. The fraction of sp³-hybridized carbons (Fsp3) is 0.533.